The van der Waals surface area contributed by atoms with Crippen LogP contribution in [0.15, 0.2) is 12.1 Å². The zero-order valence-corrected chi connectivity index (χ0v) is 21.2. The Bertz CT molecular complexity index is 1320. The smallest absolute Gasteiger partial charge is 0.277 e. The molecule has 1 saturated heterocycles. The minimum absolute atomic E-state index is 0.0619. The fraction of sp³-hybridized carbons (Fsp3) is 0.458. The minimum atomic E-state index is -0.568. The number of aromatic nitrogens is 4. The lowest BCUT2D eigenvalue weighted by Gasteiger charge is -2.21. The largest absolute Gasteiger partial charge is 0.382 e. The molecule has 0 atom stereocenters. The van der Waals surface area contributed by atoms with Crippen LogP contribution in [0.3, 0.4) is 0 Å². The van der Waals surface area contributed by atoms with E-state index in [0.29, 0.717) is 25.0 Å². The number of Topliss-reactive ketones (excluding diaryl/α,β-unsaturated/α-hetero) is 1. The molecule has 0 bridgehead atoms. The van der Waals surface area contributed by atoms with Crippen LogP contribution in [-0.4, -0.2) is 39.3 Å². The van der Waals surface area contributed by atoms with Crippen LogP contribution in [-0.2, 0) is 19.6 Å². The van der Waals surface area contributed by atoms with E-state index in [1.54, 1.807) is 6.07 Å². The molecule has 192 valence electrons. The molecule has 3 aromatic rings. The third-order valence-electron chi connectivity index (χ3n) is 6.66. The van der Waals surface area contributed by atoms with Crippen molar-refractivity contribution in [1.29, 1.82) is 0 Å². The van der Waals surface area contributed by atoms with Gasteiger partial charge in [0.25, 0.3) is 11.7 Å². The molecule has 0 spiro atoms. The van der Waals surface area contributed by atoms with Crippen molar-refractivity contribution in [1.82, 2.24) is 25.2 Å². The normalized spacial score (nSPS) is 14.3. The Hall–Kier alpha value is -3.31. The van der Waals surface area contributed by atoms with Gasteiger partial charge in [-0.3, -0.25) is 9.59 Å². The van der Waals surface area contributed by atoms with Gasteiger partial charge >= 0.3 is 0 Å². The van der Waals surface area contributed by atoms with Crippen LogP contribution in [0.1, 0.15) is 59.8 Å². The molecular weight excluding hydrogens is 487 g/mol. The molecule has 1 fully saturated rings. The van der Waals surface area contributed by atoms with Gasteiger partial charge in [0.05, 0.1) is 18.7 Å². The van der Waals surface area contributed by atoms with Crippen LogP contribution in [0.4, 0.5) is 16.0 Å². The number of benzene rings is 1. The Morgan fingerprint density at radius 1 is 1.22 bits per heavy atom. The predicted octanol–water partition coefficient (Wildman–Crippen LogP) is 2.22. The van der Waals surface area contributed by atoms with Crippen molar-refractivity contribution in [2.45, 2.75) is 52.7 Å². The number of fused-ring (bicyclic) bond motifs is 1. The summed E-state index contributed by atoms with van der Waals surface area (Å²) in [6, 6.07) is 3.05. The molecule has 1 aromatic carbocycles. The van der Waals surface area contributed by atoms with Crippen LogP contribution in [0.2, 0.25) is 5.15 Å². The van der Waals surface area contributed by atoms with Crippen molar-refractivity contribution in [2.24, 2.45) is 5.92 Å². The lowest BCUT2D eigenvalue weighted by Crippen LogP contribution is -2.40. The number of hydrogen-bond acceptors (Lipinski definition) is 7. The fourth-order valence-electron chi connectivity index (χ4n) is 4.83. The molecule has 12 heteroatoms. The molecule has 1 aliphatic rings. The number of halogens is 2. The maximum Gasteiger partial charge on any atom is 0.277 e. The molecule has 10 nitrogen and oxygen atoms in total. The lowest BCUT2D eigenvalue weighted by molar-refractivity contribution is -0.676. The summed E-state index contributed by atoms with van der Waals surface area (Å²) < 4.78 is 19.0. The molecule has 0 aliphatic carbocycles. The number of nitrogens with zero attached hydrogens (tertiary/aromatic N) is 4. The highest BCUT2D eigenvalue weighted by atomic mass is 35.5. The number of aryl methyl sites for hydroxylation is 2. The summed E-state index contributed by atoms with van der Waals surface area (Å²) in [5.74, 6) is -0.485. The van der Waals surface area contributed by atoms with Gasteiger partial charge in [-0.2, -0.15) is 0 Å². The van der Waals surface area contributed by atoms with Crippen molar-refractivity contribution in [2.75, 3.05) is 24.6 Å². The maximum atomic E-state index is 15.2. The number of nitrogens with two attached hydrogens (primary N) is 2. The van der Waals surface area contributed by atoms with Crippen LogP contribution in [0, 0.1) is 11.7 Å². The van der Waals surface area contributed by atoms with Gasteiger partial charge in [-0.25, -0.2) is 23.5 Å². The van der Waals surface area contributed by atoms with E-state index >= 15 is 4.39 Å². The first kappa shape index (κ1) is 25.8. The number of piperidine rings is 1. The van der Waals surface area contributed by atoms with Crippen molar-refractivity contribution in [3.05, 3.63) is 40.2 Å². The number of carbonyl (C=O) groups excluding carboxylic acids is 2. The van der Waals surface area contributed by atoms with Crippen LogP contribution in [0.25, 0.3) is 11.0 Å². The first-order valence-corrected chi connectivity index (χ1v) is 12.5. The van der Waals surface area contributed by atoms with E-state index in [1.807, 2.05) is 23.0 Å². The summed E-state index contributed by atoms with van der Waals surface area (Å²) >= 11 is 5.90. The number of amides is 1. The molecule has 36 heavy (non-hydrogen) atoms. The van der Waals surface area contributed by atoms with Gasteiger partial charge in [0.1, 0.15) is 12.4 Å². The van der Waals surface area contributed by atoms with Crippen LogP contribution >= 0.6 is 11.6 Å². The Morgan fingerprint density at radius 3 is 2.61 bits per heavy atom. The topological polar surface area (TPSA) is 145 Å². The molecule has 2 aromatic heterocycles. The molecule has 1 aliphatic heterocycles. The highest BCUT2D eigenvalue weighted by Gasteiger charge is 2.28. The summed E-state index contributed by atoms with van der Waals surface area (Å²) in [6.45, 7) is 6.84. The second kappa shape index (κ2) is 10.8. The minimum Gasteiger partial charge on any atom is -0.382 e. The first-order valence-electron chi connectivity index (χ1n) is 12.1. The van der Waals surface area contributed by atoms with Crippen LogP contribution in [0.5, 0.6) is 0 Å². The summed E-state index contributed by atoms with van der Waals surface area (Å²) in [7, 11) is 0. The van der Waals surface area contributed by atoms with Gasteiger partial charge in [0, 0.05) is 18.6 Å². The maximum absolute atomic E-state index is 15.2. The Balaban J connectivity index is 1.65. The first-order chi connectivity index (χ1) is 17.2. The number of carbonyl (C=O) groups is 2. The second-order valence-electron chi connectivity index (χ2n) is 8.86. The Labute approximate surface area is 213 Å². The van der Waals surface area contributed by atoms with Crippen molar-refractivity contribution < 1.29 is 18.5 Å². The molecular formula is C24H31ClFN8O2+. The van der Waals surface area contributed by atoms with E-state index in [2.05, 4.69) is 20.6 Å². The molecule has 3 heterocycles. The second-order valence-corrected chi connectivity index (χ2v) is 9.22. The SMILES string of the molecule is CCn1c(CNC(=O)c2nc(Cl)c(N)nc2N)[n+](CC)c2cc(C(=O)CC3CCNCC3)c(F)cc21. The quantitative estimate of drug-likeness (QED) is 0.265. The fourth-order valence-corrected chi connectivity index (χ4v) is 4.95. The average molecular weight is 518 g/mol. The molecule has 6 N–H and O–H groups in total. The lowest BCUT2D eigenvalue weighted by atomic mass is 9.90. The number of ketones is 1. The van der Waals surface area contributed by atoms with E-state index in [1.165, 1.54) is 6.07 Å². The average Bonchev–Trinajstić information content (AvgIpc) is 3.15. The van der Waals surface area contributed by atoms with Crippen LogP contribution < -0.4 is 26.7 Å². The summed E-state index contributed by atoms with van der Waals surface area (Å²) in [5, 5.41) is 5.96. The zero-order valence-electron chi connectivity index (χ0n) is 20.4. The number of imidazole rings is 1. The van der Waals surface area contributed by atoms with Gasteiger partial charge < -0.3 is 22.1 Å². The number of rotatable bonds is 8. The number of nitrogen functional groups attached to an aromatic ring is 2. The monoisotopic (exact) mass is 517 g/mol. The summed E-state index contributed by atoms with van der Waals surface area (Å²) in [5.41, 5.74) is 12.7. The standard InChI is InChI=1S/C24H30ClFN8O2/c1-3-33-16-10-14(18(35)9-13-5-7-29-8-6-13)15(26)11-17(16)34(4-2)19(33)12-30-24(36)20-22(27)32-23(28)21(25)31-20/h10-11,13,29H,3-9,12H2,1-2H3,(H4-,27,28,30,32,36)/p+1. The third-order valence-corrected chi connectivity index (χ3v) is 6.94. The molecule has 1 amide bonds. The predicted molar refractivity (Wildman–Crippen MR) is 135 cm³/mol. The van der Waals surface area contributed by atoms with Crippen molar-refractivity contribution in [3.8, 4) is 0 Å². The summed E-state index contributed by atoms with van der Waals surface area (Å²) in [6.07, 6.45) is 2.16. The summed E-state index contributed by atoms with van der Waals surface area (Å²) in [4.78, 5) is 33.6. The zero-order chi connectivity index (χ0) is 26.0. The van der Waals surface area contributed by atoms with Gasteiger partial charge in [-0.05, 0) is 45.7 Å². The van der Waals surface area contributed by atoms with Crippen molar-refractivity contribution in [3.63, 3.8) is 0 Å². The van der Waals surface area contributed by atoms with Gasteiger partial charge in [-0.1, -0.05) is 11.6 Å². The number of anilines is 2. The van der Waals surface area contributed by atoms with E-state index in [-0.39, 0.29) is 46.3 Å². The van der Waals surface area contributed by atoms with E-state index < -0.39 is 11.7 Å². The molecule has 0 saturated carbocycles. The molecule has 0 unspecified atom stereocenters. The van der Waals surface area contributed by atoms with E-state index in [4.69, 9.17) is 23.1 Å². The Kier molecular flexibility index (Phi) is 7.70. The Morgan fingerprint density at radius 2 is 1.94 bits per heavy atom. The van der Waals surface area contributed by atoms with Gasteiger partial charge in [-0.15, -0.1) is 0 Å². The molecule has 0 radical (unpaired) electrons. The van der Waals surface area contributed by atoms with E-state index in [9.17, 15) is 9.59 Å². The highest BCUT2D eigenvalue weighted by molar-refractivity contribution is 6.31. The molecule has 4 rings (SSSR count). The van der Waals surface area contributed by atoms with Gasteiger partial charge in [0.2, 0.25) is 0 Å². The van der Waals surface area contributed by atoms with E-state index in [0.717, 1.165) is 37.3 Å². The van der Waals surface area contributed by atoms with Crippen molar-refractivity contribution >= 4 is 46.0 Å². The number of nitrogens with one attached hydrogen (secondary N) is 2. The highest BCUT2D eigenvalue weighted by Crippen LogP contribution is 2.25. The third kappa shape index (κ3) is 4.98. The van der Waals surface area contributed by atoms with Gasteiger partial charge in [0.15, 0.2) is 39.3 Å². The number of hydrogen-bond donors (Lipinski definition) is 4.